The summed E-state index contributed by atoms with van der Waals surface area (Å²) in [5.74, 6) is 0.501. The van der Waals surface area contributed by atoms with Crippen LogP contribution in [0.2, 0.25) is 0 Å². The van der Waals surface area contributed by atoms with E-state index in [-0.39, 0.29) is 0 Å². The molecule has 0 fully saturated rings. The topological polar surface area (TPSA) is 3.24 Å². The van der Waals surface area contributed by atoms with E-state index in [0.717, 1.165) is 24.2 Å². The van der Waals surface area contributed by atoms with E-state index in [2.05, 4.69) is 44.7 Å². The molecule has 1 unspecified atom stereocenters. The molecule has 1 atom stereocenters. The average Bonchev–Trinajstić information content (AvgIpc) is 2.32. The third kappa shape index (κ3) is 6.95. The lowest BCUT2D eigenvalue weighted by molar-refractivity contribution is 0.396. The minimum atomic E-state index is 0.501. The first kappa shape index (κ1) is 16.5. The second kappa shape index (κ2) is 8.57. The number of likely N-dealkylation sites (N-methyl/N-ethyl adjacent to an activating group) is 1. The Bertz CT molecular complexity index is 358. The van der Waals surface area contributed by atoms with Crippen molar-refractivity contribution in [3.8, 4) is 0 Å². The van der Waals surface area contributed by atoms with Crippen molar-refractivity contribution in [1.82, 2.24) is 4.90 Å². The van der Waals surface area contributed by atoms with Gasteiger partial charge in [0.1, 0.15) is 0 Å². The Morgan fingerprint density at radius 1 is 1.17 bits per heavy atom. The van der Waals surface area contributed by atoms with Crippen LogP contribution >= 0.6 is 0 Å². The molecule has 1 nitrogen and oxygen atoms in total. The highest BCUT2D eigenvalue weighted by atomic mass is 15.1. The molecule has 0 N–H and O–H groups in total. The summed E-state index contributed by atoms with van der Waals surface area (Å²) in [7, 11) is 2.07. The molecule has 100 valence electrons. The summed E-state index contributed by atoms with van der Waals surface area (Å²) in [5, 5.41) is 0. The highest BCUT2D eigenvalue weighted by Crippen LogP contribution is 2.15. The maximum Gasteiger partial charge on any atom is 0.0290 e. The largest absolute Gasteiger partial charge is 0.375 e. The summed E-state index contributed by atoms with van der Waals surface area (Å²) in [5.41, 5.74) is 3.25. The first-order valence-corrected chi connectivity index (χ1v) is 6.43. The van der Waals surface area contributed by atoms with E-state index >= 15 is 0 Å². The fourth-order valence-electron chi connectivity index (χ4n) is 1.46. The molecule has 0 rings (SSSR count). The van der Waals surface area contributed by atoms with E-state index in [4.69, 9.17) is 0 Å². The molecule has 0 aliphatic carbocycles. The maximum atomic E-state index is 4.07. The molecule has 0 bridgehead atoms. The van der Waals surface area contributed by atoms with Crippen LogP contribution in [0.15, 0.2) is 60.9 Å². The third-order valence-electron chi connectivity index (χ3n) is 2.96. The summed E-state index contributed by atoms with van der Waals surface area (Å²) in [6.07, 6.45) is 9.20. The standard InChI is InChI=1S/C17H27N/c1-8-9-15(4)16(5)12-13-18(7)17(6)11-10-14(2)3/h8-11,16H,2,4,6,12-13H2,1,3,5,7H3/b9-8-,11-10-. The number of hydrogen-bond acceptors (Lipinski definition) is 1. The molecule has 0 aromatic carbocycles. The molecule has 0 saturated heterocycles. The second-order valence-electron chi connectivity index (χ2n) is 4.86. The predicted octanol–water partition coefficient (Wildman–Crippen LogP) is 4.72. The first-order chi connectivity index (χ1) is 8.38. The van der Waals surface area contributed by atoms with Crippen molar-refractivity contribution in [2.24, 2.45) is 5.92 Å². The van der Waals surface area contributed by atoms with E-state index < -0.39 is 0 Å². The molecule has 0 heterocycles. The number of rotatable bonds is 8. The van der Waals surface area contributed by atoms with Crippen molar-refractivity contribution in [2.45, 2.75) is 27.2 Å². The lowest BCUT2D eigenvalue weighted by Gasteiger charge is -2.22. The predicted molar refractivity (Wildman–Crippen MR) is 83.5 cm³/mol. The van der Waals surface area contributed by atoms with Gasteiger partial charge in [-0.2, -0.15) is 0 Å². The van der Waals surface area contributed by atoms with Crippen molar-refractivity contribution >= 4 is 0 Å². The van der Waals surface area contributed by atoms with Crippen LogP contribution in [0.1, 0.15) is 27.2 Å². The number of hydrogen-bond donors (Lipinski definition) is 0. The van der Waals surface area contributed by atoms with Gasteiger partial charge in [0.2, 0.25) is 0 Å². The molecule has 18 heavy (non-hydrogen) atoms. The summed E-state index contributed by atoms with van der Waals surface area (Å²) in [6.45, 7) is 19.2. The van der Waals surface area contributed by atoms with Crippen molar-refractivity contribution in [2.75, 3.05) is 13.6 Å². The van der Waals surface area contributed by atoms with E-state index in [1.165, 1.54) is 5.57 Å². The molecule has 0 aromatic rings. The van der Waals surface area contributed by atoms with Crippen molar-refractivity contribution in [1.29, 1.82) is 0 Å². The fourth-order valence-corrected chi connectivity index (χ4v) is 1.46. The van der Waals surface area contributed by atoms with Crippen LogP contribution < -0.4 is 0 Å². The van der Waals surface area contributed by atoms with Gasteiger partial charge in [0.25, 0.3) is 0 Å². The molecule has 0 amide bonds. The van der Waals surface area contributed by atoms with E-state index in [0.29, 0.717) is 5.92 Å². The Kier molecular flexibility index (Phi) is 7.86. The Morgan fingerprint density at radius 2 is 1.78 bits per heavy atom. The van der Waals surface area contributed by atoms with Crippen LogP contribution in [0, 0.1) is 5.92 Å². The minimum Gasteiger partial charge on any atom is -0.375 e. The van der Waals surface area contributed by atoms with Gasteiger partial charge in [0.05, 0.1) is 0 Å². The summed E-state index contributed by atoms with van der Waals surface area (Å²) < 4.78 is 0. The molecular weight excluding hydrogens is 218 g/mol. The SMILES string of the molecule is C=C(C)/C=C\C(=C)N(C)CCC(C)C(=C)/C=C\C. The lowest BCUT2D eigenvalue weighted by atomic mass is 9.98. The number of nitrogens with zero attached hydrogens (tertiary/aromatic N) is 1. The van der Waals surface area contributed by atoms with E-state index in [9.17, 15) is 0 Å². The third-order valence-corrected chi connectivity index (χ3v) is 2.96. The Morgan fingerprint density at radius 3 is 2.28 bits per heavy atom. The van der Waals surface area contributed by atoms with Crippen LogP contribution in [0.5, 0.6) is 0 Å². The zero-order chi connectivity index (χ0) is 14.1. The smallest absolute Gasteiger partial charge is 0.0290 e. The molecular formula is C17H27N. The summed E-state index contributed by atoms with van der Waals surface area (Å²) >= 11 is 0. The van der Waals surface area contributed by atoms with Gasteiger partial charge in [0.15, 0.2) is 0 Å². The second-order valence-corrected chi connectivity index (χ2v) is 4.86. The molecule has 0 saturated carbocycles. The highest BCUT2D eigenvalue weighted by Gasteiger charge is 2.06. The van der Waals surface area contributed by atoms with Crippen molar-refractivity contribution in [3.63, 3.8) is 0 Å². The van der Waals surface area contributed by atoms with Gasteiger partial charge in [-0.25, -0.2) is 0 Å². The van der Waals surface area contributed by atoms with Gasteiger partial charge < -0.3 is 4.90 Å². The maximum absolute atomic E-state index is 4.07. The lowest BCUT2D eigenvalue weighted by Crippen LogP contribution is -2.19. The van der Waals surface area contributed by atoms with E-state index in [1.54, 1.807) is 0 Å². The molecule has 0 aliphatic rings. The van der Waals surface area contributed by atoms with Crippen LogP contribution in [0.25, 0.3) is 0 Å². The molecule has 0 radical (unpaired) electrons. The quantitative estimate of drug-likeness (QED) is 0.559. The molecule has 0 aromatic heterocycles. The van der Waals surface area contributed by atoms with E-state index in [1.807, 2.05) is 32.1 Å². The average molecular weight is 245 g/mol. The molecule has 0 aliphatic heterocycles. The first-order valence-electron chi connectivity index (χ1n) is 6.43. The Balaban J connectivity index is 4.17. The van der Waals surface area contributed by atoms with Gasteiger partial charge in [-0.15, -0.1) is 0 Å². The minimum absolute atomic E-state index is 0.501. The summed E-state index contributed by atoms with van der Waals surface area (Å²) in [4.78, 5) is 2.17. The highest BCUT2D eigenvalue weighted by molar-refractivity contribution is 5.22. The van der Waals surface area contributed by atoms with Crippen LogP contribution in [-0.2, 0) is 0 Å². The monoisotopic (exact) mass is 245 g/mol. The zero-order valence-corrected chi connectivity index (χ0v) is 12.4. The van der Waals surface area contributed by atoms with Gasteiger partial charge in [-0.05, 0) is 32.3 Å². The van der Waals surface area contributed by atoms with Crippen molar-refractivity contribution in [3.05, 3.63) is 60.9 Å². The van der Waals surface area contributed by atoms with Gasteiger partial charge in [0, 0.05) is 19.3 Å². The Labute approximate surface area is 113 Å². The van der Waals surface area contributed by atoms with Gasteiger partial charge in [-0.1, -0.05) is 56.0 Å². The summed E-state index contributed by atoms with van der Waals surface area (Å²) in [6, 6.07) is 0. The Hall–Kier alpha value is -1.50. The fraction of sp³-hybridized carbons (Fsp3) is 0.412. The molecule has 1 heteroatoms. The molecule has 0 spiro atoms. The van der Waals surface area contributed by atoms with Crippen LogP contribution in [0.3, 0.4) is 0 Å². The zero-order valence-electron chi connectivity index (χ0n) is 12.4. The van der Waals surface area contributed by atoms with Gasteiger partial charge >= 0.3 is 0 Å². The van der Waals surface area contributed by atoms with Crippen LogP contribution in [-0.4, -0.2) is 18.5 Å². The van der Waals surface area contributed by atoms with Crippen molar-refractivity contribution < 1.29 is 0 Å². The van der Waals surface area contributed by atoms with Crippen LogP contribution in [0.4, 0.5) is 0 Å². The van der Waals surface area contributed by atoms with Gasteiger partial charge in [-0.3, -0.25) is 0 Å². The number of allylic oxidation sites excluding steroid dienone is 6. The normalized spacial score (nSPS) is 12.9.